The van der Waals surface area contributed by atoms with Crippen molar-refractivity contribution >= 4 is 22.6 Å². The third-order valence-electron chi connectivity index (χ3n) is 6.91. The third kappa shape index (κ3) is 7.67. The predicted octanol–water partition coefficient (Wildman–Crippen LogP) is 6.77. The van der Waals surface area contributed by atoms with Gasteiger partial charge in [-0.1, -0.05) is 90.5 Å². The van der Waals surface area contributed by atoms with E-state index in [1.54, 1.807) is 6.26 Å². The van der Waals surface area contributed by atoms with Gasteiger partial charge < -0.3 is 14.6 Å². The number of anilines is 1. The van der Waals surface area contributed by atoms with E-state index >= 15 is 0 Å². The Balaban J connectivity index is 1.18. The molecule has 7 heteroatoms. The van der Waals surface area contributed by atoms with Crippen LogP contribution < -0.4 is 10.2 Å². The van der Waals surface area contributed by atoms with Gasteiger partial charge in [-0.25, -0.2) is 4.98 Å². The van der Waals surface area contributed by atoms with Crippen molar-refractivity contribution in [1.29, 1.82) is 0 Å². The van der Waals surface area contributed by atoms with Crippen LogP contribution >= 0.6 is 11.5 Å². The van der Waals surface area contributed by atoms with E-state index in [4.69, 9.17) is 9.40 Å². The highest BCUT2D eigenvalue weighted by molar-refractivity contribution is 7.09. The van der Waals surface area contributed by atoms with Crippen LogP contribution in [0.3, 0.4) is 0 Å². The molecule has 0 aliphatic carbocycles. The first-order valence-corrected chi connectivity index (χ1v) is 14.4. The first-order chi connectivity index (χ1) is 19.6. The molecule has 1 amide bonds. The van der Waals surface area contributed by atoms with Gasteiger partial charge in [-0.05, 0) is 42.2 Å². The average molecular weight is 551 g/mol. The van der Waals surface area contributed by atoms with E-state index in [0.717, 1.165) is 23.1 Å². The van der Waals surface area contributed by atoms with Crippen LogP contribution in [0.15, 0.2) is 108 Å². The molecule has 0 spiro atoms. The molecular formula is C33H34N4O2S. The molecule has 40 heavy (non-hydrogen) atoms. The minimum atomic E-state index is 0.0220. The number of amides is 1. The number of carbonyl (C=O) groups is 1. The molecule has 0 saturated carbocycles. The molecular weight excluding hydrogens is 516 g/mol. The summed E-state index contributed by atoms with van der Waals surface area (Å²) in [5.41, 5.74) is 4.92. The van der Waals surface area contributed by atoms with Gasteiger partial charge in [0.2, 0.25) is 11.0 Å². The highest BCUT2D eigenvalue weighted by atomic mass is 32.1. The first kappa shape index (κ1) is 27.3. The fraction of sp³-hybridized carbons (Fsp3) is 0.242. The van der Waals surface area contributed by atoms with E-state index in [2.05, 4.69) is 94.3 Å². The maximum Gasteiger partial charge on any atom is 0.221 e. The number of furan rings is 1. The van der Waals surface area contributed by atoms with Gasteiger partial charge in [0, 0.05) is 43.4 Å². The van der Waals surface area contributed by atoms with Crippen LogP contribution in [-0.4, -0.2) is 28.4 Å². The zero-order valence-corrected chi connectivity index (χ0v) is 23.5. The van der Waals surface area contributed by atoms with E-state index in [1.807, 2.05) is 24.3 Å². The highest BCUT2D eigenvalue weighted by Crippen LogP contribution is 2.27. The lowest BCUT2D eigenvalue weighted by Gasteiger charge is -2.21. The fourth-order valence-electron chi connectivity index (χ4n) is 4.74. The van der Waals surface area contributed by atoms with Crippen molar-refractivity contribution in [2.24, 2.45) is 0 Å². The Bertz CT molecular complexity index is 1410. The zero-order valence-electron chi connectivity index (χ0n) is 22.7. The quantitative estimate of drug-likeness (QED) is 0.175. The molecule has 0 unspecified atom stereocenters. The molecule has 0 saturated heterocycles. The number of carbonyl (C=O) groups excluding carboxylic acids is 1. The van der Waals surface area contributed by atoms with Gasteiger partial charge in [-0.15, -0.1) is 0 Å². The topological polar surface area (TPSA) is 71.3 Å². The van der Waals surface area contributed by atoms with Crippen LogP contribution in [0.2, 0.25) is 0 Å². The lowest BCUT2D eigenvalue weighted by molar-refractivity contribution is -0.120. The van der Waals surface area contributed by atoms with E-state index in [-0.39, 0.29) is 11.8 Å². The largest absolute Gasteiger partial charge is 0.467 e. The van der Waals surface area contributed by atoms with Gasteiger partial charge in [-0.2, -0.15) is 4.37 Å². The number of aryl methyl sites for hydroxylation is 1. The summed E-state index contributed by atoms with van der Waals surface area (Å²) in [7, 11) is 0. The van der Waals surface area contributed by atoms with Crippen LogP contribution in [-0.2, 0) is 17.8 Å². The van der Waals surface area contributed by atoms with Crippen molar-refractivity contribution in [2.45, 2.75) is 38.6 Å². The van der Waals surface area contributed by atoms with Gasteiger partial charge >= 0.3 is 0 Å². The molecule has 6 nitrogen and oxygen atoms in total. The first-order valence-electron chi connectivity index (χ1n) is 13.7. The zero-order chi connectivity index (χ0) is 27.6. The second-order valence-electron chi connectivity index (χ2n) is 9.92. The van der Waals surface area contributed by atoms with E-state index < -0.39 is 0 Å². The van der Waals surface area contributed by atoms with Crippen molar-refractivity contribution in [3.8, 4) is 0 Å². The summed E-state index contributed by atoms with van der Waals surface area (Å²) in [5.74, 6) is 1.86. The Hall–Kier alpha value is -4.23. The Morgan fingerprint density at radius 1 is 0.925 bits per heavy atom. The number of nitrogens with zero attached hydrogens (tertiary/aromatic N) is 3. The highest BCUT2D eigenvalue weighted by Gasteiger charge is 2.18. The fourth-order valence-corrected chi connectivity index (χ4v) is 5.45. The van der Waals surface area contributed by atoms with Crippen LogP contribution in [0.1, 0.15) is 52.6 Å². The third-order valence-corrected chi connectivity index (χ3v) is 7.72. The molecule has 2 aromatic heterocycles. The maximum absolute atomic E-state index is 12.9. The molecule has 204 valence electrons. The van der Waals surface area contributed by atoms with Gasteiger partial charge in [-0.3, -0.25) is 4.79 Å². The van der Waals surface area contributed by atoms with Gasteiger partial charge in [0.05, 0.1) is 12.8 Å². The van der Waals surface area contributed by atoms with E-state index in [9.17, 15) is 4.79 Å². The van der Waals surface area contributed by atoms with Crippen LogP contribution in [0.4, 0.5) is 5.13 Å². The van der Waals surface area contributed by atoms with Crippen molar-refractivity contribution < 1.29 is 9.21 Å². The number of benzene rings is 3. The van der Waals surface area contributed by atoms with Gasteiger partial charge in [0.15, 0.2) is 0 Å². The molecule has 0 fully saturated rings. The standard InChI is InChI=1S/C33H34N4O2S/c1-25-14-16-26(17-15-25)23-31-35-33(40-36-31)37(24-29-13-8-22-39-29)21-19-32(38)34-20-18-30(27-9-4-2-5-10-27)28-11-6-3-7-12-28/h2-17,22,30H,18-21,23-24H2,1H3,(H,34,38). The summed E-state index contributed by atoms with van der Waals surface area (Å²) in [6, 6.07) is 33.2. The molecule has 0 aliphatic heterocycles. The Labute approximate surface area is 239 Å². The molecule has 0 radical (unpaired) electrons. The van der Waals surface area contributed by atoms with Crippen LogP contribution in [0, 0.1) is 6.92 Å². The van der Waals surface area contributed by atoms with Gasteiger partial charge in [0.25, 0.3) is 0 Å². The van der Waals surface area contributed by atoms with Crippen molar-refractivity contribution in [2.75, 3.05) is 18.0 Å². The number of nitrogens with one attached hydrogen (secondary N) is 1. The summed E-state index contributed by atoms with van der Waals surface area (Å²) < 4.78 is 10.2. The Morgan fingerprint density at radius 3 is 2.27 bits per heavy atom. The van der Waals surface area contributed by atoms with E-state index in [0.29, 0.717) is 32.5 Å². The predicted molar refractivity (Wildman–Crippen MR) is 161 cm³/mol. The molecule has 0 aliphatic rings. The number of hydrogen-bond acceptors (Lipinski definition) is 6. The second-order valence-corrected chi connectivity index (χ2v) is 10.6. The lowest BCUT2D eigenvalue weighted by Crippen LogP contribution is -2.31. The average Bonchev–Trinajstić information content (AvgIpc) is 3.68. The van der Waals surface area contributed by atoms with Crippen LogP contribution in [0.25, 0.3) is 0 Å². The number of rotatable bonds is 13. The molecule has 2 heterocycles. The van der Waals surface area contributed by atoms with Crippen LogP contribution in [0.5, 0.6) is 0 Å². The number of aromatic nitrogens is 2. The SMILES string of the molecule is Cc1ccc(Cc2nsc(N(CCC(=O)NCCC(c3ccccc3)c3ccccc3)Cc3ccco3)n2)cc1. The monoisotopic (exact) mass is 550 g/mol. The summed E-state index contributed by atoms with van der Waals surface area (Å²) in [6.07, 6.45) is 3.53. The summed E-state index contributed by atoms with van der Waals surface area (Å²) in [6.45, 7) is 3.73. The molecule has 5 aromatic rings. The Morgan fingerprint density at radius 2 is 1.62 bits per heavy atom. The minimum Gasteiger partial charge on any atom is -0.467 e. The lowest BCUT2D eigenvalue weighted by atomic mass is 9.88. The second kappa shape index (κ2) is 13.7. The molecule has 0 atom stereocenters. The summed E-state index contributed by atoms with van der Waals surface area (Å²) in [4.78, 5) is 19.8. The smallest absolute Gasteiger partial charge is 0.221 e. The van der Waals surface area contributed by atoms with Crippen molar-refractivity contribution in [3.63, 3.8) is 0 Å². The van der Waals surface area contributed by atoms with Gasteiger partial charge in [0.1, 0.15) is 11.6 Å². The van der Waals surface area contributed by atoms with Crippen molar-refractivity contribution in [3.05, 3.63) is 137 Å². The molecule has 0 bridgehead atoms. The molecule has 5 rings (SSSR count). The van der Waals surface area contributed by atoms with Crippen molar-refractivity contribution in [1.82, 2.24) is 14.7 Å². The van der Waals surface area contributed by atoms with E-state index in [1.165, 1.54) is 33.8 Å². The number of hydrogen-bond donors (Lipinski definition) is 1. The normalized spacial score (nSPS) is 11.1. The Kier molecular flexibility index (Phi) is 9.37. The molecule has 3 aromatic carbocycles. The summed E-state index contributed by atoms with van der Waals surface area (Å²) in [5, 5.41) is 3.93. The maximum atomic E-state index is 12.9. The minimum absolute atomic E-state index is 0.0220. The summed E-state index contributed by atoms with van der Waals surface area (Å²) >= 11 is 1.36. The molecule has 1 N–H and O–H groups in total.